The molecule has 2 aromatic rings. The minimum absolute atomic E-state index is 0.730. The molecule has 0 saturated carbocycles. The van der Waals surface area contributed by atoms with Crippen molar-refractivity contribution in [1.82, 2.24) is 0 Å². The Bertz CT molecular complexity index is 434. The molecule has 0 N–H and O–H groups in total. The molecule has 0 atom stereocenters. The van der Waals surface area contributed by atoms with Gasteiger partial charge in [-0.05, 0) is 30.2 Å². The summed E-state index contributed by atoms with van der Waals surface area (Å²) in [5, 5.41) is 0. The van der Waals surface area contributed by atoms with E-state index in [-0.39, 0.29) is 0 Å². The topological polar surface area (TPSA) is 9.23 Å². The third-order valence-electron chi connectivity index (χ3n) is 2.49. The fourth-order valence-corrected chi connectivity index (χ4v) is 1.64. The van der Waals surface area contributed by atoms with Gasteiger partial charge in [-0.25, -0.2) is 0 Å². The number of benzene rings is 2. The molecule has 1 heteroatoms. The van der Waals surface area contributed by atoms with Crippen LogP contribution in [0.2, 0.25) is 0 Å². The highest BCUT2D eigenvalue weighted by Crippen LogP contribution is 2.12. The Kier molecular flexibility index (Phi) is 3.60. The first-order valence-electron chi connectivity index (χ1n) is 5.58. The lowest BCUT2D eigenvalue weighted by Crippen LogP contribution is -2.01. The molecule has 0 aromatic heterocycles. The summed E-state index contributed by atoms with van der Waals surface area (Å²) in [5.74, 6) is 0.955. The van der Waals surface area contributed by atoms with Crippen molar-refractivity contribution in [2.24, 2.45) is 0 Å². The molecule has 0 radical (unpaired) electrons. The maximum Gasteiger partial charge on any atom is 0.119 e. The smallest absolute Gasteiger partial charge is 0.119 e. The maximum absolute atomic E-state index is 5.69. The monoisotopic (exact) mass is 212 g/mol. The minimum atomic E-state index is 0.730. The Labute approximate surface area is 96.7 Å². The summed E-state index contributed by atoms with van der Waals surface area (Å²) >= 11 is 0. The van der Waals surface area contributed by atoms with E-state index in [0.29, 0.717) is 0 Å². The highest BCUT2D eigenvalue weighted by atomic mass is 16.5. The lowest BCUT2D eigenvalue weighted by atomic mass is 10.2. The van der Waals surface area contributed by atoms with Crippen LogP contribution in [0.15, 0.2) is 54.6 Å². The van der Waals surface area contributed by atoms with E-state index in [2.05, 4.69) is 43.3 Å². The van der Waals surface area contributed by atoms with Gasteiger partial charge < -0.3 is 4.74 Å². The van der Waals surface area contributed by atoms with Gasteiger partial charge in [-0.2, -0.15) is 0 Å². The van der Waals surface area contributed by atoms with Crippen LogP contribution in [0.25, 0.3) is 0 Å². The molecule has 82 valence electrons. The van der Waals surface area contributed by atoms with Crippen molar-refractivity contribution in [3.63, 3.8) is 0 Å². The Hall–Kier alpha value is -1.76. The van der Waals surface area contributed by atoms with Crippen LogP contribution in [0.3, 0.4) is 0 Å². The molecule has 0 fully saturated rings. The third kappa shape index (κ3) is 3.13. The molecule has 0 amide bonds. The minimum Gasteiger partial charge on any atom is -0.493 e. The lowest BCUT2D eigenvalue weighted by Gasteiger charge is -2.06. The maximum atomic E-state index is 5.69. The van der Waals surface area contributed by atoms with E-state index in [0.717, 1.165) is 18.8 Å². The highest BCUT2D eigenvalue weighted by Gasteiger charge is 1.95. The summed E-state index contributed by atoms with van der Waals surface area (Å²) in [5.41, 5.74) is 2.55. The molecule has 0 aliphatic rings. The fourth-order valence-electron chi connectivity index (χ4n) is 1.64. The number of hydrogen-bond donors (Lipinski definition) is 0. The van der Waals surface area contributed by atoms with Crippen molar-refractivity contribution >= 4 is 0 Å². The standard InChI is InChI=1S/C15H16O/c1-13-6-5-9-15(12-13)16-11-10-14-7-3-2-4-8-14/h2-9,12H,10-11H2,1H3. The van der Waals surface area contributed by atoms with Gasteiger partial charge in [-0.1, -0.05) is 42.5 Å². The van der Waals surface area contributed by atoms with Crippen LogP contribution in [-0.2, 0) is 6.42 Å². The van der Waals surface area contributed by atoms with Gasteiger partial charge in [0, 0.05) is 6.42 Å². The SMILES string of the molecule is Cc1cccc(OCCc2ccccc2)c1. The van der Waals surface area contributed by atoms with E-state index < -0.39 is 0 Å². The summed E-state index contributed by atoms with van der Waals surface area (Å²) in [7, 11) is 0. The van der Waals surface area contributed by atoms with E-state index in [1.165, 1.54) is 11.1 Å². The van der Waals surface area contributed by atoms with Crippen LogP contribution in [0.1, 0.15) is 11.1 Å². The summed E-state index contributed by atoms with van der Waals surface area (Å²) in [6.45, 7) is 2.80. The second-order valence-corrected chi connectivity index (χ2v) is 3.90. The molecule has 2 aromatic carbocycles. The van der Waals surface area contributed by atoms with Gasteiger partial charge in [0.15, 0.2) is 0 Å². The third-order valence-corrected chi connectivity index (χ3v) is 2.49. The number of rotatable bonds is 4. The van der Waals surface area contributed by atoms with Crippen LogP contribution >= 0.6 is 0 Å². The molecular formula is C15H16O. The van der Waals surface area contributed by atoms with Crippen LogP contribution in [0.5, 0.6) is 5.75 Å². The first kappa shape index (κ1) is 10.7. The molecule has 0 saturated heterocycles. The van der Waals surface area contributed by atoms with Crippen LogP contribution in [-0.4, -0.2) is 6.61 Å². The largest absolute Gasteiger partial charge is 0.493 e. The van der Waals surface area contributed by atoms with Gasteiger partial charge >= 0.3 is 0 Å². The molecule has 0 aliphatic carbocycles. The molecule has 0 unspecified atom stereocenters. The van der Waals surface area contributed by atoms with Crippen molar-refractivity contribution in [3.05, 3.63) is 65.7 Å². The second-order valence-electron chi connectivity index (χ2n) is 3.90. The highest BCUT2D eigenvalue weighted by molar-refractivity contribution is 5.27. The Morgan fingerprint density at radius 1 is 0.938 bits per heavy atom. The first-order chi connectivity index (χ1) is 7.84. The average molecular weight is 212 g/mol. The Morgan fingerprint density at radius 3 is 2.50 bits per heavy atom. The van der Waals surface area contributed by atoms with Gasteiger partial charge in [-0.3, -0.25) is 0 Å². The molecule has 0 aliphatic heterocycles. The molecule has 16 heavy (non-hydrogen) atoms. The molecule has 2 rings (SSSR count). The number of hydrogen-bond acceptors (Lipinski definition) is 1. The van der Waals surface area contributed by atoms with Crippen molar-refractivity contribution in [3.8, 4) is 5.75 Å². The van der Waals surface area contributed by atoms with Crippen molar-refractivity contribution in [2.75, 3.05) is 6.61 Å². The number of ether oxygens (including phenoxy) is 1. The van der Waals surface area contributed by atoms with Crippen LogP contribution in [0, 0.1) is 6.92 Å². The van der Waals surface area contributed by atoms with Gasteiger partial charge in [-0.15, -0.1) is 0 Å². The van der Waals surface area contributed by atoms with Crippen molar-refractivity contribution in [2.45, 2.75) is 13.3 Å². The molecule has 0 spiro atoms. The molecule has 0 bridgehead atoms. The predicted octanol–water partition coefficient (Wildman–Crippen LogP) is 3.62. The van der Waals surface area contributed by atoms with Crippen molar-refractivity contribution in [1.29, 1.82) is 0 Å². The lowest BCUT2D eigenvalue weighted by molar-refractivity contribution is 0.322. The summed E-state index contributed by atoms with van der Waals surface area (Å²) in [6.07, 6.45) is 0.953. The fraction of sp³-hybridized carbons (Fsp3) is 0.200. The van der Waals surface area contributed by atoms with E-state index in [9.17, 15) is 0 Å². The quantitative estimate of drug-likeness (QED) is 0.752. The summed E-state index contributed by atoms with van der Waals surface area (Å²) in [6, 6.07) is 18.5. The zero-order valence-corrected chi connectivity index (χ0v) is 9.52. The molecule has 1 nitrogen and oxygen atoms in total. The van der Waals surface area contributed by atoms with Crippen LogP contribution < -0.4 is 4.74 Å². The van der Waals surface area contributed by atoms with E-state index >= 15 is 0 Å². The first-order valence-corrected chi connectivity index (χ1v) is 5.58. The zero-order valence-electron chi connectivity index (χ0n) is 9.52. The zero-order chi connectivity index (χ0) is 11.2. The Balaban J connectivity index is 1.85. The average Bonchev–Trinajstić information content (AvgIpc) is 2.30. The van der Waals surface area contributed by atoms with Gasteiger partial charge in [0.2, 0.25) is 0 Å². The van der Waals surface area contributed by atoms with Gasteiger partial charge in [0.05, 0.1) is 6.61 Å². The summed E-state index contributed by atoms with van der Waals surface area (Å²) < 4.78 is 5.69. The molecular weight excluding hydrogens is 196 g/mol. The van der Waals surface area contributed by atoms with E-state index in [1.807, 2.05) is 18.2 Å². The molecule has 0 heterocycles. The van der Waals surface area contributed by atoms with Crippen molar-refractivity contribution < 1.29 is 4.74 Å². The predicted molar refractivity (Wildman–Crippen MR) is 66.8 cm³/mol. The Morgan fingerprint density at radius 2 is 1.75 bits per heavy atom. The normalized spacial score (nSPS) is 10.1. The van der Waals surface area contributed by atoms with E-state index in [4.69, 9.17) is 4.74 Å². The van der Waals surface area contributed by atoms with E-state index in [1.54, 1.807) is 0 Å². The van der Waals surface area contributed by atoms with Gasteiger partial charge in [0.25, 0.3) is 0 Å². The summed E-state index contributed by atoms with van der Waals surface area (Å²) in [4.78, 5) is 0. The number of aryl methyl sites for hydroxylation is 1. The second kappa shape index (κ2) is 5.36. The van der Waals surface area contributed by atoms with Crippen LogP contribution in [0.4, 0.5) is 0 Å². The van der Waals surface area contributed by atoms with Gasteiger partial charge in [0.1, 0.15) is 5.75 Å².